The second kappa shape index (κ2) is 7.97. The van der Waals surface area contributed by atoms with Crippen LogP contribution in [0.1, 0.15) is 29.2 Å². The highest BCUT2D eigenvalue weighted by Crippen LogP contribution is 2.44. The van der Waals surface area contributed by atoms with Gasteiger partial charge in [-0.05, 0) is 29.7 Å². The highest BCUT2D eigenvalue weighted by Gasteiger charge is 2.35. The Labute approximate surface area is 182 Å². The van der Waals surface area contributed by atoms with E-state index in [0.717, 1.165) is 5.88 Å². The molecule has 0 bridgehead atoms. The molecule has 30 heavy (non-hydrogen) atoms. The van der Waals surface area contributed by atoms with Crippen LogP contribution < -0.4 is 0 Å². The average molecular weight is 407 g/mol. The number of thioether (sulfide) groups is 1. The first kappa shape index (κ1) is 18.9. The lowest BCUT2D eigenvalue weighted by atomic mass is 9.71. The van der Waals surface area contributed by atoms with E-state index in [0.29, 0.717) is 0 Å². The number of hydrogen-bond acceptors (Lipinski definition) is 1. The molecular formula is C28H24NS+. The third-order valence-corrected chi connectivity index (χ3v) is 7.17. The minimum Gasteiger partial charge on any atom is -0.188 e. The molecule has 0 aromatic heterocycles. The van der Waals surface area contributed by atoms with Crippen LogP contribution in [0, 0.1) is 0 Å². The first-order valence-electron chi connectivity index (χ1n) is 10.3. The van der Waals surface area contributed by atoms with Crippen molar-refractivity contribution in [3.63, 3.8) is 0 Å². The summed E-state index contributed by atoms with van der Waals surface area (Å²) in [5, 5.41) is 0. The minimum absolute atomic E-state index is 0.219. The molecule has 1 nitrogen and oxygen atoms in total. The van der Waals surface area contributed by atoms with Crippen molar-refractivity contribution in [1.29, 1.82) is 0 Å². The molecule has 0 aliphatic carbocycles. The molecule has 5 rings (SSSR count). The molecule has 4 aromatic rings. The van der Waals surface area contributed by atoms with E-state index in [4.69, 9.17) is 0 Å². The number of benzene rings is 4. The molecule has 0 spiro atoms. The molecular weight excluding hydrogens is 382 g/mol. The highest BCUT2D eigenvalue weighted by molar-refractivity contribution is 7.99. The van der Waals surface area contributed by atoms with Crippen molar-refractivity contribution in [2.75, 3.05) is 5.88 Å². The normalized spacial score (nSPS) is 13.4. The highest BCUT2D eigenvalue weighted by atomic mass is 32.2. The molecule has 146 valence electrons. The predicted octanol–water partition coefficient (Wildman–Crippen LogP) is 6.87. The molecule has 1 heterocycles. The van der Waals surface area contributed by atoms with Crippen LogP contribution in [-0.4, -0.2) is 16.7 Å². The van der Waals surface area contributed by atoms with E-state index >= 15 is 0 Å². The fourth-order valence-corrected chi connectivity index (χ4v) is 5.55. The van der Waals surface area contributed by atoms with Gasteiger partial charge in [-0.25, -0.2) is 0 Å². The van der Waals surface area contributed by atoms with Gasteiger partial charge in [0.05, 0.1) is 5.56 Å². The van der Waals surface area contributed by atoms with Crippen LogP contribution in [0.3, 0.4) is 0 Å². The van der Waals surface area contributed by atoms with E-state index in [1.807, 2.05) is 11.8 Å². The molecule has 0 N–H and O–H groups in total. The number of fused-ring (bicyclic) bond motifs is 1. The van der Waals surface area contributed by atoms with E-state index in [1.54, 1.807) is 0 Å². The summed E-state index contributed by atoms with van der Waals surface area (Å²) < 4.78 is 2.33. The second-order valence-electron chi connectivity index (χ2n) is 7.79. The van der Waals surface area contributed by atoms with Gasteiger partial charge in [-0.2, -0.15) is 4.58 Å². The quantitative estimate of drug-likeness (QED) is 0.264. The number of nitrogens with zero attached hydrogens (tertiary/aromatic N) is 1. The van der Waals surface area contributed by atoms with E-state index in [2.05, 4.69) is 127 Å². The van der Waals surface area contributed by atoms with E-state index < -0.39 is 0 Å². The largest absolute Gasteiger partial charge is 0.205 e. The zero-order valence-corrected chi connectivity index (χ0v) is 17.8. The molecule has 0 saturated carbocycles. The van der Waals surface area contributed by atoms with Gasteiger partial charge in [-0.3, -0.25) is 0 Å². The minimum atomic E-state index is -0.219. The van der Waals surface area contributed by atoms with Crippen molar-refractivity contribution >= 4 is 23.7 Å². The number of hydrogen-bond donors (Lipinski definition) is 0. The van der Waals surface area contributed by atoms with Crippen LogP contribution in [0.15, 0.2) is 114 Å². The van der Waals surface area contributed by atoms with Crippen LogP contribution in [0.5, 0.6) is 0 Å². The summed E-state index contributed by atoms with van der Waals surface area (Å²) in [6.07, 6.45) is 2.29. The van der Waals surface area contributed by atoms with Gasteiger partial charge in [0.2, 0.25) is 5.69 Å². The summed E-state index contributed by atoms with van der Waals surface area (Å²) in [5.74, 6) is 0.910. The zero-order chi connectivity index (χ0) is 20.4. The SMILES string of the molecule is CC(c1ccccc1)(c1ccccc1)c1cccc2c1SC[N+](c1ccccc1)=C2. The van der Waals surface area contributed by atoms with Crippen molar-refractivity contribution in [1.82, 2.24) is 0 Å². The molecule has 1 aliphatic heterocycles. The van der Waals surface area contributed by atoms with Crippen molar-refractivity contribution in [3.05, 3.63) is 131 Å². The van der Waals surface area contributed by atoms with Crippen LogP contribution in [-0.2, 0) is 5.41 Å². The Balaban J connectivity index is 1.69. The van der Waals surface area contributed by atoms with Gasteiger partial charge in [0.15, 0.2) is 12.1 Å². The zero-order valence-electron chi connectivity index (χ0n) is 17.0. The molecule has 0 amide bonds. The van der Waals surface area contributed by atoms with Crippen LogP contribution in [0.25, 0.3) is 0 Å². The van der Waals surface area contributed by atoms with Crippen molar-refractivity contribution in [2.24, 2.45) is 0 Å². The maximum atomic E-state index is 2.36. The van der Waals surface area contributed by atoms with E-state index in [9.17, 15) is 0 Å². The standard InChI is InChI=1S/C28H24NS/c1-28(23-13-5-2-6-14-23,24-15-7-3-8-16-24)26-19-11-12-22-20-29(21-30-27(22)26)25-17-9-4-10-18-25/h2-20H,21H2,1H3/q+1. The molecule has 0 fully saturated rings. The number of rotatable bonds is 4. The Bertz CT molecular complexity index is 1140. The summed E-state index contributed by atoms with van der Waals surface area (Å²) in [6, 6.07) is 39.1. The third kappa shape index (κ3) is 3.28. The van der Waals surface area contributed by atoms with Crippen LogP contribution in [0.4, 0.5) is 5.69 Å². The Hall–Kier alpha value is -3.10. The van der Waals surface area contributed by atoms with Gasteiger partial charge in [0.25, 0.3) is 0 Å². The van der Waals surface area contributed by atoms with Crippen molar-refractivity contribution < 1.29 is 4.58 Å². The first-order valence-corrected chi connectivity index (χ1v) is 11.3. The fourth-order valence-electron chi connectivity index (χ4n) is 4.34. The first-order chi connectivity index (χ1) is 14.8. The predicted molar refractivity (Wildman–Crippen MR) is 127 cm³/mol. The Morgan fingerprint density at radius 3 is 1.83 bits per heavy atom. The van der Waals surface area contributed by atoms with Crippen LogP contribution in [0.2, 0.25) is 0 Å². The summed E-state index contributed by atoms with van der Waals surface area (Å²) in [5.41, 5.74) is 6.29. The Morgan fingerprint density at radius 1 is 0.667 bits per heavy atom. The molecule has 0 atom stereocenters. The summed E-state index contributed by atoms with van der Waals surface area (Å²) in [6.45, 7) is 2.36. The average Bonchev–Trinajstić information content (AvgIpc) is 2.84. The summed E-state index contributed by atoms with van der Waals surface area (Å²) in [4.78, 5) is 1.37. The Morgan fingerprint density at radius 2 is 1.23 bits per heavy atom. The Kier molecular flexibility index (Phi) is 5.02. The monoisotopic (exact) mass is 406 g/mol. The lowest BCUT2D eigenvalue weighted by Crippen LogP contribution is -2.27. The smallest absolute Gasteiger partial charge is 0.188 e. The lowest BCUT2D eigenvalue weighted by molar-refractivity contribution is -0.411. The van der Waals surface area contributed by atoms with Gasteiger partial charge in [0, 0.05) is 22.4 Å². The van der Waals surface area contributed by atoms with E-state index in [-0.39, 0.29) is 5.41 Å². The van der Waals surface area contributed by atoms with E-state index in [1.165, 1.54) is 32.8 Å². The van der Waals surface area contributed by atoms with Gasteiger partial charge < -0.3 is 0 Å². The van der Waals surface area contributed by atoms with Crippen molar-refractivity contribution in [2.45, 2.75) is 17.2 Å². The maximum Gasteiger partial charge on any atom is 0.205 e. The topological polar surface area (TPSA) is 3.01 Å². The van der Waals surface area contributed by atoms with Gasteiger partial charge in [-0.15, -0.1) is 0 Å². The van der Waals surface area contributed by atoms with Crippen molar-refractivity contribution in [3.8, 4) is 0 Å². The maximum absolute atomic E-state index is 2.36. The summed E-state index contributed by atoms with van der Waals surface area (Å²) >= 11 is 1.93. The van der Waals surface area contributed by atoms with Gasteiger partial charge >= 0.3 is 0 Å². The lowest BCUT2D eigenvalue weighted by Gasteiger charge is -2.34. The molecule has 0 unspecified atom stereocenters. The van der Waals surface area contributed by atoms with Gasteiger partial charge in [-0.1, -0.05) is 103 Å². The molecule has 4 aromatic carbocycles. The number of para-hydroxylation sites is 1. The molecule has 1 aliphatic rings. The summed E-state index contributed by atoms with van der Waals surface area (Å²) in [7, 11) is 0. The van der Waals surface area contributed by atoms with Crippen LogP contribution >= 0.6 is 11.8 Å². The molecule has 0 saturated heterocycles. The molecule has 2 heteroatoms. The fraction of sp³-hybridized carbons (Fsp3) is 0.107. The second-order valence-corrected chi connectivity index (χ2v) is 8.74. The van der Waals surface area contributed by atoms with Gasteiger partial charge in [0.1, 0.15) is 0 Å². The molecule has 0 radical (unpaired) electrons. The third-order valence-electron chi connectivity index (χ3n) is 6.02.